The lowest BCUT2D eigenvalue weighted by Crippen LogP contribution is -2.62. The molecule has 7 nitrogen and oxygen atoms in total. The van der Waals surface area contributed by atoms with E-state index in [1.807, 2.05) is 60.5 Å². The van der Waals surface area contributed by atoms with Crippen molar-refractivity contribution < 1.29 is 14.3 Å². The summed E-state index contributed by atoms with van der Waals surface area (Å²) in [6, 6.07) is 16.8. The molecule has 2 fully saturated rings. The molecule has 6 rings (SSSR count). The third-order valence-electron chi connectivity index (χ3n) is 8.00. The Morgan fingerprint density at radius 1 is 1.13 bits per heavy atom. The highest BCUT2D eigenvalue weighted by atomic mass is 35.5. The second-order valence-electron chi connectivity index (χ2n) is 9.80. The third kappa shape index (κ3) is 3.25. The Kier molecular flexibility index (Phi) is 6.03. The molecule has 1 aromatic heterocycles. The summed E-state index contributed by atoms with van der Waals surface area (Å²) >= 11 is 13.7. The monoisotopic (exact) mass is 564 g/mol. The van der Waals surface area contributed by atoms with Gasteiger partial charge in [-0.3, -0.25) is 24.4 Å². The summed E-state index contributed by atoms with van der Waals surface area (Å²) in [6.45, 7) is 0.761. The van der Waals surface area contributed by atoms with Gasteiger partial charge in [0.2, 0.25) is 5.91 Å². The number of ether oxygens (including phenoxy) is 1. The average molecular weight is 565 g/mol. The fourth-order valence-corrected chi connectivity index (χ4v) is 8.60. The average Bonchev–Trinajstić information content (AvgIpc) is 3.43. The number of nitrogens with zero attached hydrogens (tertiary/aromatic N) is 4. The Morgan fingerprint density at radius 2 is 1.89 bits per heavy atom. The number of aromatic nitrogens is 1. The standard InChI is InChI=1S/C28H25ClN4O3S2/c1-31-16-22(18-5-4-12-30-14-18)28(27(31)21-13-19(29)8-11-23(21)32(2)24(27)34)25(35)33(26(37)38-28)15-17-6-9-20(36-3)10-7-17/h4-14,22H,15-16H2,1-3H3/t22?,27-,28+/m1/s1. The van der Waals surface area contributed by atoms with Crippen molar-refractivity contribution in [3.05, 3.63) is 88.7 Å². The molecular weight excluding hydrogens is 540 g/mol. The molecule has 2 aromatic carbocycles. The van der Waals surface area contributed by atoms with E-state index in [0.717, 1.165) is 28.1 Å². The van der Waals surface area contributed by atoms with Crippen molar-refractivity contribution in [3.8, 4) is 5.75 Å². The van der Waals surface area contributed by atoms with Crippen molar-refractivity contribution in [2.75, 3.05) is 32.6 Å². The first kappa shape index (κ1) is 25.3. The lowest BCUT2D eigenvalue weighted by molar-refractivity contribution is -0.139. The van der Waals surface area contributed by atoms with Gasteiger partial charge >= 0.3 is 0 Å². The maximum absolute atomic E-state index is 14.8. The van der Waals surface area contributed by atoms with E-state index in [4.69, 9.17) is 28.6 Å². The first-order chi connectivity index (χ1) is 18.3. The van der Waals surface area contributed by atoms with Crippen molar-refractivity contribution in [2.45, 2.75) is 22.7 Å². The molecule has 4 heterocycles. The topological polar surface area (TPSA) is 66.0 Å². The summed E-state index contributed by atoms with van der Waals surface area (Å²) in [6.07, 6.45) is 3.49. The number of thioether (sulfide) groups is 1. The summed E-state index contributed by atoms with van der Waals surface area (Å²) in [7, 11) is 5.27. The number of methoxy groups -OCH3 is 1. The van der Waals surface area contributed by atoms with Gasteiger partial charge in [-0.25, -0.2) is 0 Å². The van der Waals surface area contributed by atoms with Crippen LogP contribution in [0.4, 0.5) is 5.69 Å². The Bertz CT molecular complexity index is 1470. The number of carbonyl (C=O) groups excluding carboxylic acids is 2. The molecule has 38 heavy (non-hydrogen) atoms. The molecule has 3 aliphatic rings. The van der Waals surface area contributed by atoms with Crippen molar-refractivity contribution in [1.29, 1.82) is 0 Å². The first-order valence-corrected chi connectivity index (χ1v) is 13.7. The van der Waals surface area contributed by atoms with Gasteiger partial charge in [0, 0.05) is 48.2 Å². The van der Waals surface area contributed by atoms with Gasteiger partial charge < -0.3 is 9.64 Å². The summed E-state index contributed by atoms with van der Waals surface area (Å²) in [5, 5.41) is 0.507. The maximum atomic E-state index is 14.8. The highest BCUT2D eigenvalue weighted by molar-refractivity contribution is 8.25. The molecule has 3 aromatic rings. The lowest BCUT2D eigenvalue weighted by atomic mass is 9.72. The van der Waals surface area contributed by atoms with Crippen LogP contribution in [0.25, 0.3) is 0 Å². The number of thiocarbonyl (C=S) groups is 1. The van der Waals surface area contributed by atoms with E-state index in [1.165, 1.54) is 11.8 Å². The molecule has 2 spiro atoms. The summed E-state index contributed by atoms with van der Waals surface area (Å²) in [4.78, 5) is 38.9. The molecule has 0 bridgehead atoms. The Labute approximate surface area is 235 Å². The van der Waals surface area contributed by atoms with Gasteiger partial charge in [0.15, 0.2) is 5.54 Å². The van der Waals surface area contributed by atoms with E-state index in [2.05, 4.69) is 4.98 Å². The molecule has 2 saturated heterocycles. The van der Waals surface area contributed by atoms with Crippen LogP contribution in [0, 0.1) is 0 Å². The minimum atomic E-state index is -1.30. The highest BCUT2D eigenvalue weighted by Gasteiger charge is 2.78. The van der Waals surface area contributed by atoms with Crippen LogP contribution in [0.5, 0.6) is 5.75 Å². The molecule has 0 N–H and O–H groups in total. The molecular formula is C28H25ClN4O3S2. The van der Waals surface area contributed by atoms with Gasteiger partial charge in [0.1, 0.15) is 14.8 Å². The van der Waals surface area contributed by atoms with Crippen LogP contribution >= 0.6 is 35.6 Å². The number of halogens is 1. The van der Waals surface area contributed by atoms with Crippen LogP contribution in [0.1, 0.15) is 22.6 Å². The number of rotatable bonds is 4. The molecule has 2 amide bonds. The van der Waals surface area contributed by atoms with Gasteiger partial charge in [-0.1, -0.05) is 53.8 Å². The van der Waals surface area contributed by atoms with Gasteiger partial charge in [-0.05, 0) is 54.6 Å². The van der Waals surface area contributed by atoms with E-state index in [1.54, 1.807) is 42.4 Å². The quantitative estimate of drug-likeness (QED) is 0.434. The van der Waals surface area contributed by atoms with E-state index in [0.29, 0.717) is 22.4 Å². The van der Waals surface area contributed by atoms with Crippen molar-refractivity contribution >= 4 is 57.4 Å². The number of hydrogen-bond donors (Lipinski definition) is 0. The summed E-state index contributed by atoms with van der Waals surface area (Å²) in [5.41, 5.74) is 1.96. The fraction of sp³-hybridized carbons (Fsp3) is 0.286. The number of fused-ring (bicyclic) bond motifs is 3. The second-order valence-corrected chi connectivity index (χ2v) is 12.1. The molecule has 194 valence electrons. The second kappa shape index (κ2) is 9.05. The summed E-state index contributed by atoms with van der Waals surface area (Å²) < 4.78 is 4.48. The van der Waals surface area contributed by atoms with Crippen LogP contribution in [0.15, 0.2) is 67.0 Å². The van der Waals surface area contributed by atoms with Crippen LogP contribution in [-0.2, 0) is 21.7 Å². The van der Waals surface area contributed by atoms with Crippen LogP contribution < -0.4 is 9.64 Å². The zero-order chi connectivity index (χ0) is 26.8. The zero-order valence-corrected chi connectivity index (χ0v) is 23.4. The SMILES string of the molecule is COc1ccc(CN2C(=O)[C@@]3(SC2=S)C(c2cccnc2)CN(C)[C@]32C(=O)N(C)c3ccc(Cl)cc32)cc1. The van der Waals surface area contributed by atoms with E-state index in [9.17, 15) is 9.59 Å². The highest BCUT2D eigenvalue weighted by Crippen LogP contribution is 2.66. The van der Waals surface area contributed by atoms with E-state index >= 15 is 0 Å². The number of benzene rings is 2. The number of carbonyl (C=O) groups is 2. The molecule has 3 atom stereocenters. The Hall–Kier alpha value is -2.98. The lowest BCUT2D eigenvalue weighted by Gasteiger charge is -2.42. The van der Waals surface area contributed by atoms with Gasteiger partial charge in [-0.2, -0.15) is 0 Å². The molecule has 0 saturated carbocycles. The van der Waals surface area contributed by atoms with Crippen molar-refractivity contribution in [2.24, 2.45) is 0 Å². The minimum Gasteiger partial charge on any atom is -0.497 e. The van der Waals surface area contributed by atoms with Crippen LogP contribution in [0.3, 0.4) is 0 Å². The first-order valence-electron chi connectivity index (χ1n) is 12.1. The summed E-state index contributed by atoms with van der Waals surface area (Å²) in [5.74, 6) is 0.0329. The maximum Gasteiger partial charge on any atom is 0.254 e. The minimum absolute atomic E-state index is 0.168. The van der Waals surface area contributed by atoms with Gasteiger partial charge in [0.05, 0.1) is 13.7 Å². The van der Waals surface area contributed by atoms with E-state index in [-0.39, 0.29) is 17.7 Å². The van der Waals surface area contributed by atoms with Gasteiger partial charge in [-0.15, -0.1) is 0 Å². The zero-order valence-electron chi connectivity index (χ0n) is 21.1. The Balaban J connectivity index is 1.56. The number of anilines is 1. The van der Waals surface area contributed by atoms with E-state index < -0.39 is 10.3 Å². The Morgan fingerprint density at radius 3 is 2.58 bits per heavy atom. The number of hydrogen-bond acceptors (Lipinski definition) is 7. The smallest absolute Gasteiger partial charge is 0.254 e. The van der Waals surface area contributed by atoms with Crippen LogP contribution in [0.2, 0.25) is 5.02 Å². The largest absolute Gasteiger partial charge is 0.497 e. The number of pyridine rings is 1. The van der Waals surface area contributed by atoms with Crippen molar-refractivity contribution in [3.63, 3.8) is 0 Å². The molecule has 0 radical (unpaired) electrons. The fourth-order valence-electron chi connectivity index (χ4n) is 6.30. The number of likely N-dealkylation sites (tertiary alicyclic amines) is 1. The predicted octanol–water partition coefficient (Wildman–Crippen LogP) is 4.44. The van der Waals surface area contributed by atoms with Gasteiger partial charge in [0.25, 0.3) is 5.91 Å². The predicted molar refractivity (Wildman–Crippen MR) is 153 cm³/mol. The number of amides is 2. The van der Waals surface area contributed by atoms with Crippen molar-refractivity contribution in [1.82, 2.24) is 14.8 Å². The molecule has 1 unspecified atom stereocenters. The molecule has 0 aliphatic carbocycles. The van der Waals surface area contributed by atoms with Crippen LogP contribution in [-0.4, -0.2) is 63.4 Å². The number of likely N-dealkylation sites (N-methyl/N-ethyl adjacent to an activating group) is 2. The normalized spacial score (nSPS) is 26.7. The third-order valence-corrected chi connectivity index (χ3v) is 10.2. The molecule has 3 aliphatic heterocycles. The molecule has 10 heteroatoms.